The summed E-state index contributed by atoms with van der Waals surface area (Å²) in [6, 6.07) is 20.5. The molecule has 0 amide bonds. The average molecular weight is 526 g/mol. The van der Waals surface area contributed by atoms with Crippen molar-refractivity contribution < 1.29 is 9.84 Å². The van der Waals surface area contributed by atoms with Crippen LogP contribution in [0.3, 0.4) is 0 Å². The minimum absolute atomic E-state index is 0.0607. The maximum absolute atomic E-state index is 13.1. The summed E-state index contributed by atoms with van der Waals surface area (Å²) in [5.41, 5.74) is 3.46. The van der Waals surface area contributed by atoms with Gasteiger partial charge < -0.3 is 24.6 Å². The van der Waals surface area contributed by atoms with E-state index in [1.165, 1.54) is 10.1 Å². The molecule has 6 rings (SSSR count). The van der Waals surface area contributed by atoms with E-state index in [0.29, 0.717) is 29.9 Å². The molecular formula is C31H35N5O3. The number of aryl methyl sites for hydroxylation is 1. The zero-order valence-corrected chi connectivity index (χ0v) is 22.3. The summed E-state index contributed by atoms with van der Waals surface area (Å²) in [5, 5.41) is 13.9. The molecule has 39 heavy (non-hydrogen) atoms. The smallest absolute Gasteiger partial charge is 0.264 e. The Balaban J connectivity index is 1.25. The number of pyridine rings is 1. The Morgan fingerprint density at radius 2 is 1.97 bits per heavy atom. The SMILES string of the molecule is Cn1cnc2cc(-c3ccc(OC[C@]4(Cc5ccccc5)CCCN4)cc3)nc(N3CC[C@H](CO)C3)c2c1=O. The van der Waals surface area contributed by atoms with Gasteiger partial charge >= 0.3 is 0 Å². The molecule has 2 atom stereocenters. The molecule has 0 bridgehead atoms. The molecule has 4 aromatic rings. The topological polar surface area (TPSA) is 92.5 Å². The normalized spacial score (nSPS) is 21.1. The number of anilines is 1. The van der Waals surface area contributed by atoms with Crippen molar-refractivity contribution in [2.24, 2.45) is 13.0 Å². The molecule has 8 heteroatoms. The first-order chi connectivity index (χ1) is 19.0. The van der Waals surface area contributed by atoms with Crippen molar-refractivity contribution in [2.75, 3.05) is 37.7 Å². The van der Waals surface area contributed by atoms with Gasteiger partial charge in [0.05, 0.1) is 23.1 Å². The van der Waals surface area contributed by atoms with Crippen LogP contribution in [0.25, 0.3) is 22.2 Å². The number of hydrogen-bond acceptors (Lipinski definition) is 7. The molecule has 0 unspecified atom stereocenters. The van der Waals surface area contributed by atoms with Crippen LogP contribution in [-0.2, 0) is 13.5 Å². The van der Waals surface area contributed by atoms with Gasteiger partial charge in [-0.15, -0.1) is 0 Å². The number of ether oxygens (including phenoxy) is 1. The molecule has 0 radical (unpaired) electrons. The third-order valence-corrected chi connectivity index (χ3v) is 8.11. The van der Waals surface area contributed by atoms with Crippen molar-refractivity contribution in [2.45, 2.75) is 31.2 Å². The number of hydrogen-bond donors (Lipinski definition) is 2. The lowest BCUT2D eigenvalue weighted by Crippen LogP contribution is -2.47. The summed E-state index contributed by atoms with van der Waals surface area (Å²) < 4.78 is 7.80. The molecule has 2 N–H and O–H groups in total. The fourth-order valence-electron chi connectivity index (χ4n) is 5.88. The van der Waals surface area contributed by atoms with Gasteiger partial charge in [-0.1, -0.05) is 30.3 Å². The first-order valence-electron chi connectivity index (χ1n) is 13.8. The maximum atomic E-state index is 13.1. The minimum Gasteiger partial charge on any atom is -0.492 e. The molecule has 202 valence electrons. The first kappa shape index (κ1) is 25.5. The van der Waals surface area contributed by atoms with E-state index in [2.05, 4.69) is 45.5 Å². The third kappa shape index (κ3) is 5.27. The minimum atomic E-state index is -0.116. The summed E-state index contributed by atoms with van der Waals surface area (Å²) in [6.07, 6.45) is 5.60. The van der Waals surface area contributed by atoms with E-state index in [4.69, 9.17) is 9.72 Å². The van der Waals surface area contributed by atoms with E-state index in [1.807, 2.05) is 30.3 Å². The van der Waals surface area contributed by atoms with Crippen LogP contribution in [-0.4, -0.2) is 58.0 Å². The van der Waals surface area contributed by atoms with Crippen LogP contribution < -0.4 is 20.5 Å². The summed E-state index contributed by atoms with van der Waals surface area (Å²) in [6.45, 7) is 3.17. The van der Waals surface area contributed by atoms with Crippen molar-refractivity contribution in [1.29, 1.82) is 0 Å². The van der Waals surface area contributed by atoms with Crippen molar-refractivity contribution in [3.05, 3.63) is 82.9 Å². The Morgan fingerprint density at radius 1 is 1.15 bits per heavy atom. The highest BCUT2D eigenvalue weighted by Crippen LogP contribution is 2.32. The van der Waals surface area contributed by atoms with Gasteiger partial charge in [-0.3, -0.25) is 4.79 Å². The molecule has 2 aliphatic rings. The monoisotopic (exact) mass is 525 g/mol. The van der Waals surface area contributed by atoms with Crippen LogP contribution in [0.4, 0.5) is 5.82 Å². The second-order valence-electron chi connectivity index (χ2n) is 11.0. The molecule has 4 heterocycles. The first-order valence-corrected chi connectivity index (χ1v) is 13.8. The molecule has 2 saturated heterocycles. The Labute approximate surface area is 228 Å². The van der Waals surface area contributed by atoms with E-state index in [9.17, 15) is 9.90 Å². The zero-order chi connectivity index (χ0) is 26.8. The molecule has 0 saturated carbocycles. The van der Waals surface area contributed by atoms with Crippen molar-refractivity contribution in [3.8, 4) is 17.0 Å². The molecular weight excluding hydrogens is 490 g/mol. The van der Waals surface area contributed by atoms with Crippen LogP contribution in [0.15, 0.2) is 71.8 Å². The number of rotatable bonds is 8. The Kier molecular flexibility index (Phi) is 7.06. The number of nitrogens with one attached hydrogen (secondary N) is 1. The highest BCUT2D eigenvalue weighted by molar-refractivity contribution is 5.92. The lowest BCUT2D eigenvalue weighted by atomic mass is 9.90. The number of aliphatic hydroxyl groups excluding tert-OH is 1. The van der Waals surface area contributed by atoms with Gasteiger partial charge in [0.2, 0.25) is 0 Å². The highest BCUT2D eigenvalue weighted by atomic mass is 16.5. The zero-order valence-electron chi connectivity index (χ0n) is 22.3. The summed E-state index contributed by atoms with van der Waals surface area (Å²) in [7, 11) is 1.71. The standard InChI is InChI=1S/C31H35N5O3/c1-35-21-32-27-16-26(34-29(28(27)30(35)38)36-15-12-23(18-36)19-37)24-8-10-25(11-9-24)39-20-31(13-5-14-33-31)17-22-6-3-2-4-7-22/h2-4,6-11,16,21,23,33,37H,5,12-15,17-20H2,1H3/t23-,31+/m0/s1. The Morgan fingerprint density at radius 3 is 2.69 bits per heavy atom. The van der Waals surface area contributed by atoms with E-state index in [-0.39, 0.29) is 23.6 Å². The number of benzene rings is 2. The fraction of sp³-hybridized carbons (Fsp3) is 0.387. The predicted octanol–water partition coefficient (Wildman–Crippen LogP) is 3.56. The quantitative estimate of drug-likeness (QED) is 0.363. The van der Waals surface area contributed by atoms with E-state index < -0.39 is 0 Å². The van der Waals surface area contributed by atoms with Gasteiger partial charge in [-0.05, 0) is 68.1 Å². The number of nitrogens with zero attached hydrogens (tertiary/aromatic N) is 4. The Bertz CT molecular complexity index is 1500. The molecule has 0 spiro atoms. The average Bonchev–Trinajstić information content (AvgIpc) is 3.65. The summed E-state index contributed by atoms with van der Waals surface area (Å²) in [5.74, 6) is 1.64. The maximum Gasteiger partial charge on any atom is 0.264 e. The van der Waals surface area contributed by atoms with Gasteiger partial charge in [-0.25, -0.2) is 9.97 Å². The van der Waals surface area contributed by atoms with Crippen LogP contribution >= 0.6 is 0 Å². The van der Waals surface area contributed by atoms with Crippen LogP contribution in [0.2, 0.25) is 0 Å². The van der Waals surface area contributed by atoms with E-state index in [0.717, 1.165) is 55.8 Å². The van der Waals surface area contributed by atoms with Crippen molar-refractivity contribution in [3.63, 3.8) is 0 Å². The van der Waals surface area contributed by atoms with E-state index in [1.54, 1.807) is 13.4 Å². The second-order valence-corrected chi connectivity index (χ2v) is 11.0. The lowest BCUT2D eigenvalue weighted by Gasteiger charge is -2.30. The van der Waals surface area contributed by atoms with Crippen LogP contribution in [0.5, 0.6) is 5.75 Å². The summed E-state index contributed by atoms with van der Waals surface area (Å²) in [4.78, 5) is 24.7. The molecule has 8 nitrogen and oxygen atoms in total. The van der Waals surface area contributed by atoms with Gasteiger partial charge in [0.15, 0.2) is 0 Å². The molecule has 0 aliphatic carbocycles. The van der Waals surface area contributed by atoms with Gasteiger partial charge in [0.1, 0.15) is 23.6 Å². The number of fused-ring (bicyclic) bond motifs is 1. The summed E-state index contributed by atoms with van der Waals surface area (Å²) >= 11 is 0. The molecule has 2 aromatic carbocycles. The highest BCUT2D eigenvalue weighted by Gasteiger charge is 2.34. The largest absolute Gasteiger partial charge is 0.492 e. The van der Waals surface area contributed by atoms with Gasteiger partial charge in [-0.2, -0.15) is 0 Å². The Hall–Kier alpha value is -3.75. The van der Waals surface area contributed by atoms with Crippen molar-refractivity contribution >= 4 is 16.7 Å². The van der Waals surface area contributed by atoms with Crippen molar-refractivity contribution in [1.82, 2.24) is 19.9 Å². The van der Waals surface area contributed by atoms with E-state index >= 15 is 0 Å². The van der Waals surface area contributed by atoms with Crippen LogP contribution in [0.1, 0.15) is 24.8 Å². The number of aliphatic hydroxyl groups is 1. The predicted molar refractivity (Wildman–Crippen MR) is 153 cm³/mol. The van der Waals surface area contributed by atoms with Crippen LogP contribution in [0, 0.1) is 5.92 Å². The lowest BCUT2D eigenvalue weighted by molar-refractivity contribution is 0.197. The fourth-order valence-corrected chi connectivity index (χ4v) is 5.88. The third-order valence-electron chi connectivity index (χ3n) is 8.11. The molecule has 2 aromatic heterocycles. The number of aromatic nitrogens is 3. The molecule has 2 aliphatic heterocycles. The second kappa shape index (κ2) is 10.8. The van der Waals surface area contributed by atoms with Gasteiger partial charge in [0.25, 0.3) is 5.56 Å². The van der Waals surface area contributed by atoms with Gasteiger partial charge in [0, 0.05) is 38.2 Å². The molecule has 2 fully saturated rings.